The predicted octanol–water partition coefficient (Wildman–Crippen LogP) is 2.90. The molecule has 1 rings (SSSR count). The third-order valence-corrected chi connectivity index (χ3v) is 3.62. The molecule has 0 spiro atoms. The molecule has 0 saturated carbocycles. The molecular weight excluding hydrogens is 269 g/mol. The lowest BCUT2D eigenvalue weighted by Crippen LogP contribution is -1.98. The van der Waals surface area contributed by atoms with Gasteiger partial charge in [0.15, 0.2) is 9.84 Å². The molecule has 0 aliphatic carbocycles. The van der Waals surface area contributed by atoms with Gasteiger partial charge in [0.05, 0.1) is 10.0 Å². The van der Waals surface area contributed by atoms with Crippen LogP contribution in [0.1, 0.15) is 5.56 Å². The van der Waals surface area contributed by atoms with E-state index in [0.29, 0.717) is 10.6 Å². The first-order valence-electron chi connectivity index (χ1n) is 4.12. The van der Waals surface area contributed by atoms with Gasteiger partial charge >= 0.3 is 0 Å². The molecule has 0 amide bonds. The fourth-order valence-corrected chi connectivity index (χ4v) is 1.86. The summed E-state index contributed by atoms with van der Waals surface area (Å²) in [4.78, 5) is -0.350. The van der Waals surface area contributed by atoms with Gasteiger partial charge in [-0.3, -0.25) is 0 Å². The monoisotopic (exact) mass is 275 g/mol. The summed E-state index contributed by atoms with van der Waals surface area (Å²) >= 11 is 11.6. The second-order valence-corrected chi connectivity index (χ2v) is 5.80. The first-order chi connectivity index (χ1) is 7.36. The normalized spacial score (nSPS) is 12.2. The Morgan fingerprint density at radius 3 is 2.56 bits per heavy atom. The van der Waals surface area contributed by atoms with Crippen molar-refractivity contribution in [3.8, 4) is 6.07 Å². The van der Waals surface area contributed by atoms with Crippen LogP contribution >= 0.6 is 23.2 Å². The van der Waals surface area contributed by atoms with Crippen molar-refractivity contribution in [3.05, 3.63) is 38.7 Å². The van der Waals surface area contributed by atoms with E-state index in [9.17, 15) is 8.42 Å². The number of nitrogens with zero attached hydrogens (tertiary/aromatic N) is 1. The Kier molecular flexibility index (Phi) is 3.98. The number of hydrogen-bond acceptors (Lipinski definition) is 3. The van der Waals surface area contributed by atoms with Gasteiger partial charge in [-0.15, -0.1) is 0 Å². The largest absolute Gasteiger partial charge is 0.223 e. The number of allylic oxidation sites excluding steroid dienone is 1. The summed E-state index contributed by atoms with van der Waals surface area (Å²) in [5.41, 5.74) is 0.399. The number of hydrogen-bond donors (Lipinski definition) is 0. The Morgan fingerprint density at radius 2 is 2.06 bits per heavy atom. The minimum absolute atomic E-state index is 0.223. The molecule has 1 aromatic rings. The highest BCUT2D eigenvalue weighted by molar-refractivity contribution is 7.95. The van der Waals surface area contributed by atoms with E-state index in [2.05, 4.69) is 0 Å². The van der Waals surface area contributed by atoms with Crippen LogP contribution in [0.25, 0.3) is 6.08 Å². The van der Waals surface area contributed by atoms with Crippen molar-refractivity contribution in [2.45, 2.75) is 0 Å². The number of halogens is 2. The zero-order valence-electron chi connectivity index (χ0n) is 8.24. The van der Waals surface area contributed by atoms with Crippen molar-refractivity contribution < 1.29 is 8.42 Å². The fourth-order valence-electron chi connectivity index (χ4n) is 0.995. The molecule has 0 N–H and O–H groups in total. The topological polar surface area (TPSA) is 57.9 Å². The predicted molar refractivity (Wildman–Crippen MR) is 64.9 cm³/mol. The number of nitriles is 1. The lowest BCUT2D eigenvalue weighted by molar-refractivity contribution is 0.609. The molecule has 84 valence electrons. The van der Waals surface area contributed by atoms with Crippen LogP contribution in [-0.2, 0) is 9.84 Å². The number of sulfone groups is 1. The van der Waals surface area contributed by atoms with Crippen LogP contribution < -0.4 is 0 Å². The van der Waals surface area contributed by atoms with Crippen LogP contribution in [0.2, 0.25) is 10.0 Å². The second kappa shape index (κ2) is 4.88. The van der Waals surface area contributed by atoms with Gasteiger partial charge in [-0.25, -0.2) is 8.42 Å². The fraction of sp³-hybridized carbons (Fsp3) is 0.100. The van der Waals surface area contributed by atoms with Crippen molar-refractivity contribution in [1.29, 1.82) is 5.26 Å². The van der Waals surface area contributed by atoms with Gasteiger partial charge in [0, 0.05) is 6.26 Å². The molecule has 16 heavy (non-hydrogen) atoms. The van der Waals surface area contributed by atoms with Crippen LogP contribution in [-0.4, -0.2) is 14.7 Å². The molecule has 6 heteroatoms. The van der Waals surface area contributed by atoms with Gasteiger partial charge in [-0.05, 0) is 17.7 Å². The van der Waals surface area contributed by atoms with Crippen molar-refractivity contribution in [2.24, 2.45) is 0 Å². The molecular formula is C10H7Cl2NO2S. The summed E-state index contributed by atoms with van der Waals surface area (Å²) in [7, 11) is -3.54. The van der Waals surface area contributed by atoms with Crippen molar-refractivity contribution in [2.75, 3.05) is 6.26 Å². The summed E-state index contributed by atoms with van der Waals surface area (Å²) in [6.45, 7) is 0. The van der Waals surface area contributed by atoms with Crippen molar-refractivity contribution in [3.63, 3.8) is 0 Å². The van der Waals surface area contributed by atoms with Gasteiger partial charge in [0.25, 0.3) is 0 Å². The maximum absolute atomic E-state index is 11.2. The smallest absolute Gasteiger partial charge is 0.185 e. The first-order valence-corrected chi connectivity index (χ1v) is 6.77. The van der Waals surface area contributed by atoms with E-state index in [0.717, 1.165) is 6.26 Å². The van der Waals surface area contributed by atoms with Crippen LogP contribution in [0.4, 0.5) is 0 Å². The van der Waals surface area contributed by atoms with E-state index in [1.165, 1.54) is 6.08 Å². The summed E-state index contributed by atoms with van der Waals surface area (Å²) in [5, 5.41) is 9.24. The molecule has 0 unspecified atom stereocenters. The van der Waals surface area contributed by atoms with E-state index >= 15 is 0 Å². The molecule has 0 radical (unpaired) electrons. The summed E-state index contributed by atoms with van der Waals surface area (Å²) in [5.74, 6) is 0. The minimum atomic E-state index is -3.54. The average molecular weight is 276 g/mol. The zero-order valence-corrected chi connectivity index (χ0v) is 10.6. The van der Waals surface area contributed by atoms with Crippen LogP contribution in [0, 0.1) is 11.3 Å². The van der Waals surface area contributed by atoms with E-state index in [4.69, 9.17) is 28.5 Å². The van der Waals surface area contributed by atoms with Crippen molar-refractivity contribution in [1.82, 2.24) is 0 Å². The maximum atomic E-state index is 11.2. The van der Waals surface area contributed by atoms with Crippen LogP contribution in [0.5, 0.6) is 0 Å². The Bertz CT molecular complexity index is 585. The van der Waals surface area contributed by atoms with E-state index < -0.39 is 9.84 Å². The molecule has 0 aliphatic heterocycles. The van der Waals surface area contributed by atoms with Crippen molar-refractivity contribution >= 4 is 39.1 Å². The van der Waals surface area contributed by atoms with Gasteiger partial charge in [0.1, 0.15) is 11.0 Å². The average Bonchev–Trinajstić information content (AvgIpc) is 2.18. The van der Waals surface area contributed by atoms with Crippen LogP contribution in [0.3, 0.4) is 0 Å². The first kappa shape index (κ1) is 13.0. The van der Waals surface area contributed by atoms with Gasteiger partial charge in [-0.2, -0.15) is 5.26 Å². The quantitative estimate of drug-likeness (QED) is 0.780. The Balaban J connectivity index is 3.38. The third-order valence-electron chi connectivity index (χ3n) is 1.78. The molecule has 0 atom stereocenters. The lowest BCUT2D eigenvalue weighted by Gasteiger charge is -2.01. The number of benzene rings is 1. The Labute approximate surface area is 104 Å². The highest BCUT2D eigenvalue weighted by Gasteiger charge is 2.12. The minimum Gasteiger partial charge on any atom is -0.223 e. The lowest BCUT2D eigenvalue weighted by atomic mass is 10.2. The molecule has 0 aromatic heterocycles. The summed E-state index contributed by atoms with van der Waals surface area (Å²) in [6, 6.07) is 6.39. The number of rotatable bonds is 2. The second-order valence-electron chi connectivity index (χ2n) is 3.04. The van der Waals surface area contributed by atoms with E-state index in [1.807, 2.05) is 0 Å². The molecule has 0 aliphatic rings. The molecule has 0 heterocycles. The molecule has 0 saturated heterocycles. The Morgan fingerprint density at radius 1 is 1.44 bits per heavy atom. The standard InChI is InChI=1S/C10H7Cl2NO2S/c1-16(14,15)8(6-13)5-7-3-2-4-9(11)10(7)12/h2-5H,1H3. The molecule has 0 bridgehead atoms. The van der Waals surface area contributed by atoms with Gasteiger partial charge < -0.3 is 0 Å². The molecule has 3 nitrogen and oxygen atoms in total. The molecule has 1 aromatic carbocycles. The molecule has 0 fully saturated rings. The summed E-state index contributed by atoms with van der Waals surface area (Å²) in [6.07, 6.45) is 2.16. The maximum Gasteiger partial charge on any atom is 0.185 e. The van der Waals surface area contributed by atoms with Gasteiger partial charge in [-0.1, -0.05) is 35.3 Å². The third kappa shape index (κ3) is 2.99. The van der Waals surface area contributed by atoms with Gasteiger partial charge in [0.2, 0.25) is 0 Å². The zero-order chi connectivity index (χ0) is 12.3. The highest BCUT2D eigenvalue weighted by atomic mass is 35.5. The Hall–Kier alpha value is -1.02. The van der Waals surface area contributed by atoms with Crippen LogP contribution in [0.15, 0.2) is 23.1 Å². The SMILES string of the molecule is CS(=O)(=O)C(C#N)=Cc1cccc(Cl)c1Cl. The highest BCUT2D eigenvalue weighted by Crippen LogP contribution is 2.27. The van der Waals surface area contributed by atoms with E-state index in [-0.39, 0.29) is 9.93 Å². The van der Waals surface area contributed by atoms with E-state index in [1.54, 1.807) is 24.3 Å². The summed E-state index contributed by atoms with van der Waals surface area (Å²) < 4.78 is 22.4.